The van der Waals surface area contributed by atoms with Gasteiger partial charge in [0, 0.05) is 5.70 Å². The van der Waals surface area contributed by atoms with E-state index in [1.54, 1.807) is 37.3 Å². The summed E-state index contributed by atoms with van der Waals surface area (Å²) >= 11 is 0. The highest BCUT2D eigenvalue weighted by atomic mass is 19.4. The molecule has 3 aromatic rings. The third-order valence-corrected chi connectivity index (χ3v) is 6.04. The summed E-state index contributed by atoms with van der Waals surface area (Å²) < 4.78 is 53.2. The minimum absolute atomic E-state index is 0.00264. The van der Waals surface area contributed by atoms with Crippen LogP contribution in [0, 0.1) is 11.3 Å². The molecule has 2 aromatic carbocycles. The van der Waals surface area contributed by atoms with Crippen molar-refractivity contribution < 1.29 is 27.1 Å². The molecule has 3 unspecified atom stereocenters. The summed E-state index contributed by atoms with van der Waals surface area (Å²) in [6.07, 6.45) is -5.78. The fourth-order valence-corrected chi connectivity index (χ4v) is 4.53. The number of allylic oxidation sites excluding steroid dienone is 1. The molecule has 5 rings (SSSR count). The average molecular weight is 469 g/mol. The van der Waals surface area contributed by atoms with Crippen molar-refractivity contribution in [3.05, 3.63) is 65.2 Å². The van der Waals surface area contributed by atoms with Crippen molar-refractivity contribution >= 4 is 22.6 Å². The number of methoxy groups -OCH3 is 1. The summed E-state index contributed by atoms with van der Waals surface area (Å²) in [5.74, 6) is -1.60. The van der Waals surface area contributed by atoms with Crippen LogP contribution in [0.15, 0.2) is 52.6 Å². The minimum atomic E-state index is -4.69. The molecular weight excluding hydrogens is 451 g/mol. The number of para-hydroxylation sites is 1. The zero-order valence-corrected chi connectivity index (χ0v) is 18.0. The lowest BCUT2D eigenvalue weighted by atomic mass is 9.86. The Labute approximate surface area is 191 Å². The number of halogens is 3. The Morgan fingerprint density at radius 2 is 1.97 bits per heavy atom. The Bertz CT molecular complexity index is 1370. The third kappa shape index (κ3) is 3.26. The number of nitrogens with zero attached hydrogens (tertiary/aromatic N) is 3. The molecule has 174 valence electrons. The van der Waals surface area contributed by atoms with Crippen LogP contribution in [0.2, 0.25) is 0 Å². The van der Waals surface area contributed by atoms with E-state index in [1.807, 2.05) is 6.07 Å². The zero-order valence-electron chi connectivity index (χ0n) is 18.0. The number of alkyl halides is 3. The monoisotopic (exact) mass is 469 g/mol. The van der Waals surface area contributed by atoms with Crippen molar-refractivity contribution in [2.45, 2.75) is 31.2 Å². The summed E-state index contributed by atoms with van der Waals surface area (Å²) in [6.45, 7) is 1.57. The zero-order chi connectivity index (χ0) is 24.2. The lowest BCUT2D eigenvalue weighted by Crippen LogP contribution is -2.54. The van der Waals surface area contributed by atoms with Crippen molar-refractivity contribution in [2.75, 3.05) is 7.11 Å². The van der Waals surface area contributed by atoms with Gasteiger partial charge in [-0.3, -0.25) is 4.79 Å². The fraction of sp³-hybridized carbons (Fsp3) is 0.261. The van der Waals surface area contributed by atoms with E-state index in [2.05, 4.69) is 15.7 Å². The lowest BCUT2D eigenvalue weighted by molar-refractivity contribution is -0.161. The number of hydrazine groups is 1. The number of hydrogen-bond acceptors (Lipinski definition) is 7. The standard InChI is InChI=1S/C23H18F3N5O3/c1-11-16(21-29-18-14(33-2)8-5-9-15(18)34-21)22(32)31-20(28-11)17(19(30-31)23(24,25)26)13-7-4-3-6-12(13)10-27/h3-9,17,19-20,28,30H,1-2H3. The van der Waals surface area contributed by atoms with Gasteiger partial charge in [-0.25, -0.2) is 15.4 Å². The highest BCUT2D eigenvalue weighted by Crippen LogP contribution is 2.43. The van der Waals surface area contributed by atoms with Crippen molar-refractivity contribution in [3.63, 3.8) is 0 Å². The maximum absolute atomic E-state index is 14.1. The van der Waals surface area contributed by atoms with Gasteiger partial charge in [-0.2, -0.15) is 18.4 Å². The summed E-state index contributed by atoms with van der Waals surface area (Å²) in [4.78, 5) is 17.8. The molecule has 0 spiro atoms. The quantitative estimate of drug-likeness (QED) is 0.606. The van der Waals surface area contributed by atoms with Crippen LogP contribution < -0.4 is 15.5 Å². The van der Waals surface area contributed by atoms with E-state index in [9.17, 15) is 23.2 Å². The van der Waals surface area contributed by atoms with Crippen molar-refractivity contribution in [1.82, 2.24) is 20.7 Å². The SMILES string of the molecule is COc1cccc2oc(C3=C(C)NC4C(c5ccccc5C#N)C(C(F)(F)F)NN4C3=O)nc12. The van der Waals surface area contributed by atoms with Gasteiger partial charge in [0.15, 0.2) is 11.1 Å². The van der Waals surface area contributed by atoms with Crippen molar-refractivity contribution in [3.8, 4) is 11.8 Å². The fourth-order valence-electron chi connectivity index (χ4n) is 4.53. The Balaban J connectivity index is 1.61. The van der Waals surface area contributed by atoms with Crippen molar-refractivity contribution in [1.29, 1.82) is 5.26 Å². The van der Waals surface area contributed by atoms with Crippen LogP contribution in [0.25, 0.3) is 16.7 Å². The Hall–Kier alpha value is -4.04. The largest absolute Gasteiger partial charge is 0.494 e. The number of aromatic nitrogens is 1. The van der Waals surface area contributed by atoms with Gasteiger partial charge in [-0.15, -0.1) is 0 Å². The molecule has 0 bridgehead atoms. The number of oxazole rings is 1. The van der Waals surface area contributed by atoms with Gasteiger partial charge in [-0.1, -0.05) is 24.3 Å². The molecule has 2 aliphatic rings. The summed E-state index contributed by atoms with van der Waals surface area (Å²) in [5, 5.41) is 13.4. The van der Waals surface area contributed by atoms with E-state index in [0.29, 0.717) is 22.5 Å². The number of nitrogens with one attached hydrogen (secondary N) is 2. The Morgan fingerprint density at radius 1 is 1.21 bits per heavy atom. The van der Waals surface area contributed by atoms with E-state index >= 15 is 0 Å². The van der Waals surface area contributed by atoms with Crippen LogP contribution in [0.5, 0.6) is 5.75 Å². The number of fused-ring (bicyclic) bond motifs is 2. The maximum atomic E-state index is 14.1. The lowest BCUT2D eigenvalue weighted by Gasteiger charge is -2.34. The number of hydrogen-bond donors (Lipinski definition) is 2. The predicted octanol–water partition coefficient (Wildman–Crippen LogP) is 3.43. The second-order valence-corrected chi connectivity index (χ2v) is 7.96. The number of ether oxygens (including phenoxy) is 1. The summed E-state index contributed by atoms with van der Waals surface area (Å²) in [6, 6.07) is 10.9. The second-order valence-electron chi connectivity index (χ2n) is 7.96. The molecule has 1 saturated heterocycles. The number of carbonyl (C=O) groups is 1. The van der Waals surface area contributed by atoms with Crippen LogP contribution in [-0.4, -0.2) is 41.4 Å². The first kappa shape index (κ1) is 21.8. The van der Waals surface area contributed by atoms with Gasteiger partial charge in [0.05, 0.1) is 24.7 Å². The molecule has 2 N–H and O–H groups in total. The highest BCUT2D eigenvalue weighted by Gasteiger charge is 2.58. The van der Waals surface area contributed by atoms with Crippen LogP contribution in [-0.2, 0) is 4.79 Å². The first-order valence-electron chi connectivity index (χ1n) is 10.3. The molecular formula is C23H18F3N5O3. The molecule has 34 heavy (non-hydrogen) atoms. The second kappa shape index (κ2) is 7.78. The van der Waals surface area contributed by atoms with E-state index in [-0.39, 0.29) is 22.6 Å². The molecule has 1 aromatic heterocycles. The van der Waals surface area contributed by atoms with Crippen LogP contribution in [0.3, 0.4) is 0 Å². The minimum Gasteiger partial charge on any atom is -0.494 e. The van der Waals surface area contributed by atoms with Gasteiger partial charge in [0.25, 0.3) is 5.91 Å². The number of nitriles is 1. The van der Waals surface area contributed by atoms with Gasteiger partial charge >= 0.3 is 6.18 Å². The highest BCUT2D eigenvalue weighted by molar-refractivity contribution is 6.20. The first-order chi connectivity index (χ1) is 16.2. The molecule has 8 nitrogen and oxygen atoms in total. The number of benzene rings is 2. The Kier molecular flexibility index (Phi) is 4.98. The smallest absolute Gasteiger partial charge is 0.406 e. The summed E-state index contributed by atoms with van der Waals surface area (Å²) in [7, 11) is 1.47. The van der Waals surface area contributed by atoms with Gasteiger partial charge in [-0.05, 0) is 30.7 Å². The molecule has 0 aliphatic carbocycles. The predicted molar refractivity (Wildman–Crippen MR) is 114 cm³/mol. The van der Waals surface area contributed by atoms with E-state index in [4.69, 9.17) is 9.15 Å². The molecule has 1 fully saturated rings. The number of carbonyl (C=O) groups excluding carboxylic acids is 1. The Morgan fingerprint density at radius 3 is 2.68 bits per heavy atom. The van der Waals surface area contributed by atoms with Crippen molar-refractivity contribution in [2.24, 2.45) is 0 Å². The van der Waals surface area contributed by atoms with Gasteiger partial charge < -0.3 is 14.5 Å². The first-order valence-corrected chi connectivity index (χ1v) is 10.3. The average Bonchev–Trinajstić information content (AvgIpc) is 3.40. The number of amides is 1. The third-order valence-electron chi connectivity index (χ3n) is 6.04. The molecule has 2 aliphatic heterocycles. The molecule has 3 atom stereocenters. The normalized spacial score (nSPS) is 22.5. The van der Waals surface area contributed by atoms with Crippen LogP contribution >= 0.6 is 0 Å². The number of rotatable bonds is 3. The van der Waals surface area contributed by atoms with Gasteiger partial charge in [0.1, 0.15) is 23.5 Å². The van der Waals surface area contributed by atoms with Crippen LogP contribution in [0.1, 0.15) is 29.9 Å². The van der Waals surface area contributed by atoms with E-state index in [1.165, 1.54) is 19.2 Å². The molecule has 3 heterocycles. The molecule has 11 heteroatoms. The van der Waals surface area contributed by atoms with E-state index < -0.39 is 30.2 Å². The maximum Gasteiger partial charge on any atom is 0.406 e. The molecule has 1 amide bonds. The van der Waals surface area contributed by atoms with Crippen LogP contribution in [0.4, 0.5) is 13.2 Å². The van der Waals surface area contributed by atoms with E-state index in [0.717, 1.165) is 5.01 Å². The van der Waals surface area contributed by atoms with Gasteiger partial charge in [0.2, 0.25) is 5.89 Å². The summed E-state index contributed by atoms with van der Waals surface area (Å²) in [5.41, 5.74) is 3.68. The molecule has 0 saturated carbocycles. The molecule has 0 radical (unpaired) electrons. The topological polar surface area (TPSA) is 103 Å².